The molecule has 0 aromatic carbocycles. The average molecular weight is 210 g/mol. The highest BCUT2D eigenvalue weighted by atomic mass is 16.6. The maximum atomic E-state index is 11.8. The first-order chi connectivity index (χ1) is 7.31. The number of likely N-dealkylation sites (N-methyl/N-ethyl adjacent to an activating group) is 1. The first kappa shape index (κ1) is 10.1. The van der Waals surface area contributed by atoms with E-state index in [-0.39, 0.29) is 5.91 Å². The predicted octanol–water partition coefficient (Wildman–Crippen LogP) is -0.153. The quantitative estimate of drug-likeness (QED) is 0.679. The summed E-state index contributed by atoms with van der Waals surface area (Å²) in [6.07, 6.45) is 1.36. The van der Waals surface area contributed by atoms with Gasteiger partial charge < -0.3 is 9.80 Å². The summed E-state index contributed by atoms with van der Waals surface area (Å²) in [4.78, 5) is 15.9. The van der Waals surface area contributed by atoms with E-state index in [1.807, 2.05) is 0 Å². The fourth-order valence-corrected chi connectivity index (χ4v) is 1.69. The first-order valence-corrected chi connectivity index (χ1v) is 5.10. The Kier molecular flexibility index (Phi) is 2.96. The number of hydrogen-bond acceptors (Lipinski definition) is 5. The highest BCUT2D eigenvalue weighted by Gasteiger charge is 2.23. The Morgan fingerprint density at radius 1 is 1.47 bits per heavy atom. The van der Waals surface area contributed by atoms with Crippen molar-refractivity contribution in [3.8, 4) is 0 Å². The van der Waals surface area contributed by atoms with Gasteiger partial charge in [0.05, 0.1) is 0 Å². The Hall–Kier alpha value is -1.43. The zero-order valence-corrected chi connectivity index (χ0v) is 8.72. The van der Waals surface area contributed by atoms with Gasteiger partial charge in [0.15, 0.2) is 5.69 Å². The van der Waals surface area contributed by atoms with Gasteiger partial charge in [-0.3, -0.25) is 4.79 Å². The molecule has 2 heterocycles. The van der Waals surface area contributed by atoms with E-state index in [0.717, 1.165) is 32.7 Å². The Labute approximate surface area is 87.8 Å². The zero-order chi connectivity index (χ0) is 10.7. The van der Waals surface area contributed by atoms with Crippen LogP contribution in [0.1, 0.15) is 17.4 Å². The number of amides is 1. The molecule has 1 aliphatic heterocycles. The van der Waals surface area contributed by atoms with Crippen LogP contribution in [0.15, 0.2) is 10.8 Å². The molecule has 1 aromatic heterocycles. The van der Waals surface area contributed by atoms with Crippen LogP contribution in [0, 0.1) is 0 Å². The van der Waals surface area contributed by atoms with Crippen LogP contribution in [0.5, 0.6) is 0 Å². The third-order valence-electron chi connectivity index (χ3n) is 2.69. The Morgan fingerprint density at radius 3 is 2.73 bits per heavy atom. The van der Waals surface area contributed by atoms with Crippen molar-refractivity contribution < 1.29 is 9.42 Å². The van der Waals surface area contributed by atoms with Crippen molar-refractivity contribution in [2.45, 2.75) is 6.92 Å². The third kappa shape index (κ3) is 2.15. The Morgan fingerprint density at radius 2 is 2.20 bits per heavy atom. The lowest BCUT2D eigenvalue weighted by atomic mass is 10.3. The Balaban J connectivity index is 1.93. The fourth-order valence-electron chi connectivity index (χ4n) is 1.69. The molecule has 6 nitrogen and oxygen atoms in total. The van der Waals surface area contributed by atoms with Crippen molar-refractivity contribution in [3.63, 3.8) is 0 Å². The van der Waals surface area contributed by atoms with Crippen LogP contribution >= 0.6 is 0 Å². The smallest absolute Gasteiger partial charge is 0.277 e. The van der Waals surface area contributed by atoms with E-state index in [9.17, 15) is 4.79 Å². The van der Waals surface area contributed by atoms with Gasteiger partial charge in [0.1, 0.15) is 6.20 Å². The minimum Gasteiger partial charge on any atom is -0.335 e. The zero-order valence-electron chi connectivity index (χ0n) is 8.72. The molecule has 0 radical (unpaired) electrons. The third-order valence-corrected chi connectivity index (χ3v) is 2.69. The second kappa shape index (κ2) is 4.39. The maximum absolute atomic E-state index is 11.8. The molecule has 82 valence electrons. The lowest BCUT2D eigenvalue weighted by Crippen LogP contribution is -2.48. The molecule has 0 atom stereocenters. The van der Waals surface area contributed by atoms with Crippen molar-refractivity contribution in [3.05, 3.63) is 11.9 Å². The van der Waals surface area contributed by atoms with Crippen LogP contribution in [0.25, 0.3) is 0 Å². The summed E-state index contributed by atoms with van der Waals surface area (Å²) in [6, 6.07) is 0. The maximum Gasteiger partial charge on any atom is 0.277 e. The van der Waals surface area contributed by atoms with Gasteiger partial charge in [-0.2, -0.15) is 0 Å². The van der Waals surface area contributed by atoms with Crippen molar-refractivity contribution in [2.24, 2.45) is 0 Å². The van der Waals surface area contributed by atoms with Crippen LogP contribution in [0.2, 0.25) is 0 Å². The van der Waals surface area contributed by atoms with Gasteiger partial charge >= 0.3 is 0 Å². The second-order valence-corrected chi connectivity index (χ2v) is 3.52. The van der Waals surface area contributed by atoms with Crippen LogP contribution in [-0.2, 0) is 0 Å². The molecule has 0 spiro atoms. The molecule has 1 saturated heterocycles. The molecule has 1 amide bonds. The highest BCUT2D eigenvalue weighted by Crippen LogP contribution is 2.05. The van der Waals surface area contributed by atoms with Gasteiger partial charge in [0.25, 0.3) is 5.91 Å². The van der Waals surface area contributed by atoms with Crippen molar-refractivity contribution in [1.29, 1.82) is 0 Å². The average Bonchev–Trinajstić information content (AvgIpc) is 2.82. The van der Waals surface area contributed by atoms with Gasteiger partial charge in [-0.1, -0.05) is 12.1 Å². The highest BCUT2D eigenvalue weighted by molar-refractivity contribution is 5.91. The van der Waals surface area contributed by atoms with Gasteiger partial charge in [-0.25, -0.2) is 4.63 Å². The minimum atomic E-state index is -0.0907. The summed E-state index contributed by atoms with van der Waals surface area (Å²) < 4.78 is 4.41. The monoisotopic (exact) mass is 210 g/mol. The van der Waals surface area contributed by atoms with Gasteiger partial charge in [-0.05, 0) is 11.7 Å². The van der Waals surface area contributed by atoms with Gasteiger partial charge in [-0.15, -0.1) is 0 Å². The number of nitrogens with zero attached hydrogens (tertiary/aromatic N) is 4. The van der Waals surface area contributed by atoms with Crippen LogP contribution in [0.3, 0.4) is 0 Å². The standard InChI is InChI=1S/C9H14N4O2/c1-2-12-3-5-13(6-4-12)9(14)8-7-10-15-11-8/h7H,2-6H2,1H3. The molecule has 0 unspecified atom stereocenters. The molecule has 0 saturated carbocycles. The van der Waals surface area contributed by atoms with Crippen LogP contribution < -0.4 is 0 Å². The number of piperazine rings is 1. The van der Waals surface area contributed by atoms with Crippen molar-refractivity contribution >= 4 is 5.91 Å². The minimum absolute atomic E-state index is 0.0907. The van der Waals surface area contributed by atoms with E-state index in [1.165, 1.54) is 6.20 Å². The van der Waals surface area contributed by atoms with Crippen molar-refractivity contribution in [2.75, 3.05) is 32.7 Å². The number of carbonyl (C=O) groups is 1. The SMILES string of the molecule is CCN1CCN(C(=O)c2cnon2)CC1. The number of aromatic nitrogens is 2. The van der Waals surface area contributed by atoms with Crippen molar-refractivity contribution in [1.82, 2.24) is 20.1 Å². The normalized spacial score (nSPS) is 18.1. The fraction of sp³-hybridized carbons (Fsp3) is 0.667. The summed E-state index contributed by atoms with van der Waals surface area (Å²) in [5.74, 6) is -0.0907. The molecule has 2 rings (SSSR count). The van der Waals surface area contributed by atoms with E-state index in [2.05, 4.69) is 26.8 Å². The molecule has 1 aliphatic rings. The molecule has 0 bridgehead atoms. The van der Waals surface area contributed by atoms with E-state index in [1.54, 1.807) is 4.90 Å². The number of carbonyl (C=O) groups excluding carboxylic acids is 1. The predicted molar refractivity (Wildman–Crippen MR) is 52.3 cm³/mol. The number of hydrogen-bond donors (Lipinski definition) is 0. The summed E-state index contributed by atoms with van der Waals surface area (Å²) in [5.41, 5.74) is 0.292. The topological polar surface area (TPSA) is 62.5 Å². The summed E-state index contributed by atoms with van der Waals surface area (Å²) in [6.45, 7) is 6.51. The van der Waals surface area contributed by atoms with Gasteiger partial charge in [0.2, 0.25) is 0 Å². The Bertz CT molecular complexity index is 317. The largest absolute Gasteiger partial charge is 0.335 e. The molecule has 15 heavy (non-hydrogen) atoms. The van der Waals surface area contributed by atoms with E-state index in [0.29, 0.717) is 5.69 Å². The summed E-state index contributed by atoms with van der Waals surface area (Å²) in [5, 5.41) is 6.96. The lowest BCUT2D eigenvalue weighted by Gasteiger charge is -2.33. The molecule has 6 heteroatoms. The molecule has 0 N–H and O–H groups in total. The number of rotatable bonds is 2. The van der Waals surface area contributed by atoms with E-state index in [4.69, 9.17) is 0 Å². The lowest BCUT2D eigenvalue weighted by molar-refractivity contribution is 0.0632. The molecular formula is C9H14N4O2. The summed E-state index contributed by atoms with van der Waals surface area (Å²) >= 11 is 0. The summed E-state index contributed by atoms with van der Waals surface area (Å²) in [7, 11) is 0. The van der Waals surface area contributed by atoms with Crippen LogP contribution in [0.4, 0.5) is 0 Å². The molecule has 1 fully saturated rings. The van der Waals surface area contributed by atoms with E-state index >= 15 is 0 Å². The molecule has 1 aromatic rings. The molecular weight excluding hydrogens is 196 g/mol. The van der Waals surface area contributed by atoms with E-state index < -0.39 is 0 Å². The van der Waals surface area contributed by atoms with Gasteiger partial charge in [0, 0.05) is 26.2 Å². The molecule has 0 aliphatic carbocycles. The second-order valence-electron chi connectivity index (χ2n) is 3.52. The van der Waals surface area contributed by atoms with Crippen LogP contribution in [-0.4, -0.2) is 58.7 Å². The first-order valence-electron chi connectivity index (χ1n) is 5.10.